The molecule has 220 valence electrons. The summed E-state index contributed by atoms with van der Waals surface area (Å²) in [6.45, 7) is 8.27. The molecule has 2 aliphatic rings. The monoisotopic (exact) mass is 565 g/mol. The molecular weight excluding hydrogens is 522 g/mol. The highest BCUT2D eigenvalue weighted by Gasteiger charge is 2.39. The van der Waals surface area contributed by atoms with Crippen LogP contribution >= 0.6 is 0 Å². The number of benzene rings is 3. The molecule has 3 aromatic rings. The minimum Gasteiger partial charge on any atom is -0.493 e. The number of hydrogen-bond acceptors (Lipinski definition) is 4. The van der Waals surface area contributed by atoms with Gasteiger partial charge in [0.25, 0.3) is 5.91 Å². The Morgan fingerprint density at radius 2 is 1.69 bits per heavy atom. The summed E-state index contributed by atoms with van der Waals surface area (Å²) < 4.78 is 6.05. The van der Waals surface area contributed by atoms with Crippen molar-refractivity contribution in [2.45, 2.75) is 58.5 Å². The second kappa shape index (κ2) is 13.4. The number of likely N-dealkylation sites (N-methyl/N-ethyl adjacent to an activating group) is 1. The topological polar surface area (TPSA) is 61.9 Å². The lowest BCUT2D eigenvalue weighted by Crippen LogP contribution is -2.61. The molecule has 0 saturated carbocycles. The van der Waals surface area contributed by atoms with Gasteiger partial charge in [-0.05, 0) is 79.0 Å². The molecule has 0 spiro atoms. The molecule has 0 aromatic heterocycles. The second-order valence-electron chi connectivity index (χ2n) is 11.8. The number of aryl methyl sites for hydroxylation is 3. The first-order valence-electron chi connectivity index (χ1n) is 15.1. The molecule has 2 heterocycles. The zero-order chi connectivity index (χ0) is 29.6. The van der Waals surface area contributed by atoms with Gasteiger partial charge in [-0.2, -0.15) is 0 Å². The molecule has 2 aliphatic heterocycles. The van der Waals surface area contributed by atoms with E-state index in [1.54, 1.807) is 6.92 Å². The fraction of sp³-hybridized carbons (Fsp3) is 0.389. The van der Waals surface area contributed by atoms with E-state index in [0.29, 0.717) is 26.2 Å². The summed E-state index contributed by atoms with van der Waals surface area (Å²) in [5.41, 5.74) is 7.83. The van der Waals surface area contributed by atoms with E-state index in [1.807, 2.05) is 35.0 Å². The SMILES string of the molecule is CC(=O)N1CC2CC(c3ccc(CCCOc4cc(C)ccc4C)cc3)=C(C(=O)N(C)CCc3ccccc3)C(C1)N2. The third kappa shape index (κ3) is 7.11. The van der Waals surface area contributed by atoms with Crippen LogP contribution in [-0.4, -0.2) is 67.0 Å². The Morgan fingerprint density at radius 3 is 2.43 bits per heavy atom. The maximum atomic E-state index is 14.0. The fourth-order valence-corrected chi connectivity index (χ4v) is 6.07. The van der Waals surface area contributed by atoms with E-state index >= 15 is 0 Å². The lowest BCUT2D eigenvalue weighted by Gasteiger charge is -2.44. The normalized spacial score (nSPS) is 18.1. The molecule has 42 heavy (non-hydrogen) atoms. The van der Waals surface area contributed by atoms with Crippen LogP contribution in [0.4, 0.5) is 0 Å². The van der Waals surface area contributed by atoms with Crippen LogP contribution in [0.2, 0.25) is 0 Å². The quantitative estimate of drug-likeness (QED) is 0.336. The smallest absolute Gasteiger partial charge is 0.251 e. The molecule has 6 heteroatoms. The number of fused-ring (bicyclic) bond motifs is 2. The van der Waals surface area contributed by atoms with Crippen molar-refractivity contribution in [1.82, 2.24) is 15.1 Å². The lowest BCUT2D eigenvalue weighted by molar-refractivity contribution is -0.132. The van der Waals surface area contributed by atoms with E-state index in [1.165, 1.54) is 16.7 Å². The van der Waals surface area contributed by atoms with Crippen LogP contribution in [0, 0.1) is 13.8 Å². The summed E-state index contributed by atoms with van der Waals surface area (Å²) in [6, 6.07) is 25.2. The summed E-state index contributed by atoms with van der Waals surface area (Å²) in [5.74, 6) is 1.06. The van der Waals surface area contributed by atoms with Crippen molar-refractivity contribution in [2.24, 2.45) is 0 Å². The van der Waals surface area contributed by atoms with Gasteiger partial charge >= 0.3 is 0 Å². The van der Waals surface area contributed by atoms with Crippen molar-refractivity contribution < 1.29 is 14.3 Å². The molecule has 3 aromatic carbocycles. The van der Waals surface area contributed by atoms with Gasteiger partial charge in [0.05, 0.1) is 12.6 Å². The Kier molecular flexibility index (Phi) is 9.43. The van der Waals surface area contributed by atoms with E-state index in [-0.39, 0.29) is 23.9 Å². The molecule has 6 nitrogen and oxygen atoms in total. The van der Waals surface area contributed by atoms with Crippen LogP contribution in [0.1, 0.15) is 47.6 Å². The van der Waals surface area contributed by atoms with Crippen LogP contribution in [0.25, 0.3) is 5.57 Å². The van der Waals surface area contributed by atoms with Crippen LogP contribution in [0.15, 0.2) is 78.4 Å². The Morgan fingerprint density at radius 1 is 0.952 bits per heavy atom. The highest BCUT2D eigenvalue weighted by molar-refractivity contribution is 6.03. The zero-order valence-corrected chi connectivity index (χ0v) is 25.4. The van der Waals surface area contributed by atoms with Gasteiger partial charge in [-0.1, -0.05) is 66.7 Å². The van der Waals surface area contributed by atoms with Crippen LogP contribution in [0.3, 0.4) is 0 Å². The van der Waals surface area contributed by atoms with Gasteiger partial charge in [-0.15, -0.1) is 0 Å². The molecule has 0 aliphatic carbocycles. The lowest BCUT2D eigenvalue weighted by atomic mass is 9.82. The number of ether oxygens (including phenoxy) is 1. The fourth-order valence-electron chi connectivity index (χ4n) is 6.07. The van der Waals surface area contributed by atoms with Crippen molar-refractivity contribution in [3.05, 3.63) is 106 Å². The number of hydrogen-bond donors (Lipinski definition) is 1. The molecule has 2 bridgehead atoms. The zero-order valence-electron chi connectivity index (χ0n) is 25.4. The van der Waals surface area contributed by atoms with E-state index in [4.69, 9.17) is 4.74 Å². The van der Waals surface area contributed by atoms with Crippen LogP contribution in [-0.2, 0) is 22.4 Å². The summed E-state index contributed by atoms with van der Waals surface area (Å²) >= 11 is 0. The Hall–Kier alpha value is -3.90. The highest BCUT2D eigenvalue weighted by Crippen LogP contribution is 2.34. The largest absolute Gasteiger partial charge is 0.493 e. The van der Waals surface area contributed by atoms with Crippen molar-refractivity contribution in [3.63, 3.8) is 0 Å². The molecule has 0 radical (unpaired) electrons. The van der Waals surface area contributed by atoms with Crippen LogP contribution < -0.4 is 10.1 Å². The highest BCUT2D eigenvalue weighted by atomic mass is 16.5. The van der Waals surface area contributed by atoms with Crippen LogP contribution in [0.5, 0.6) is 5.75 Å². The van der Waals surface area contributed by atoms with Crippen molar-refractivity contribution >= 4 is 17.4 Å². The molecule has 2 amide bonds. The van der Waals surface area contributed by atoms with Gasteiger partial charge in [0, 0.05) is 45.2 Å². The molecule has 1 fully saturated rings. The van der Waals surface area contributed by atoms with Gasteiger partial charge < -0.3 is 19.9 Å². The van der Waals surface area contributed by atoms with E-state index in [9.17, 15) is 9.59 Å². The van der Waals surface area contributed by atoms with Gasteiger partial charge in [0.15, 0.2) is 0 Å². The summed E-state index contributed by atoms with van der Waals surface area (Å²) in [4.78, 5) is 30.0. The Bertz CT molecular complexity index is 1430. The number of nitrogens with one attached hydrogen (secondary N) is 1. The second-order valence-corrected chi connectivity index (χ2v) is 11.8. The molecule has 2 unspecified atom stereocenters. The Labute approximate surface area is 250 Å². The summed E-state index contributed by atoms with van der Waals surface area (Å²) in [7, 11) is 1.89. The molecular formula is C36H43N3O3. The van der Waals surface area contributed by atoms with E-state index < -0.39 is 0 Å². The molecule has 2 atom stereocenters. The third-order valence-electron chi connectivity index (χ3n) is 8.52. The summed E-state index contributed by atoms with van der Waals surface area (Å²) in [6.07, 6.45) is 3.38. The van der Waals surface area contributed by atoms with E-state index in [2.05, 4.69) is 73.8 Å². The third-order valence-corrected chi connectivity index (χ3v) is 8.52. The number of carbonyl (C=O) groups excluding carboxylic acids is 2. The number of amides is 2. The standard InChI is InChI=1S/C36H43N3O3/c1-25-12-13-26(2)34(21-25)42-20-8-11-29-14-16-30(17-15-29)32-22-31-23-39(27(3)40)24-33(37-31)35(32)36(41)38(4)19-18-28-9-6-5-7-10-28/h5-7,9-10,12-17,21,31,33,37H,8,11,18-20,22-24H2,1-4H3. The predicted octanol–water partition coefficient (Wildman–Crippen LogP) is 5.36. The van der Waals surface area contributed by atoms with Crippen molar-refractivity contribution in [2.75, 3.05) is 33.3 Å². The molecule has 1 N–H and O–H groups in total. The number of nitrogens with zero attached hydrogens (tertiary/aromatic N) is 2. The average molecular weight is 566 g/mol. The maximum absolute atomic E-state index is 14.0. The first-order chi connectivity index (χ1) is 20.3. The minimum absolute atomic E-state index is 0.0370. The number of carbonyl (C=O) groups is 2. The van der Waals surface area contributed by atoms with E-state index in [0.717, 1.165) is 53.7 Å². The van der Waals surface area contributed by atoms with Gasteiger partial charge in [-0.3, -0.25) is 9.59 Å². The first kappa shape index (κ1) is 29.6. The van der Waals surface area contributed by atoms with Gasteiger partial charge in [-0.25, -0.2) is 0 Å². The number of piperazine rings is 1. The van der Waals surface area contributed by atoms with Crippen molar-refractivity contribution in [3.8, 4) is 5.75 Å². The average Bonchev–Trinajstić information content (AvgIpc) is 2.99. The van der Waals surface area contributed by atoms with Crippen molar-refractivity contribution in [1.29, 1.82) is 0 Å². The van der Waals surface area contributed by atoms with Gasteiger partial charge in [0.2, 0.25) is 5.91 Å². The Balaban J connectivity index is 1.30. The molecule has 1 saturated heterocycles. The predicted molar refractivity (Wildman–Crippen MR) is 168 cm³/mol. The number of rotatable bonds is 10. The summed E-state index contributed by atoms with van der Waals surface area (Å²) in [5, 5.41) is 3.65. The molecule has 5 rings (SSSR count). The van der Waals surface area contributed by atoms with Gasteiger partial charge in [0.1, 0.15) is 5.75 Å². The first-order valence-corrected chi connectivity index (χ1v) is 15.1. The maximum Gasteiger partial charge on any atom is 0.251 e. The minimum atomic E-state index is -0.176.